The first-order chi connectivity index (χ1) is 6.24. The zero-order valence-electron chi connectivity index (χ0n) is 8.71. The number of nitrogens with one attached hydrogen (secondary N) is 1. The number of hydrogen-bond acceptors (Lipinski definition) is 1. The summed E-state index contributed by atoms with van der Waals surface area (Å²) >= 11 is 0. The summed E-state index contributed by atoms with van der Waals surface area (Å²) in [4.78, 5) is 11.2. The maximum absolute atomic E-state index is 11.2. The molecule has 0 aliphatic rings. The van der Waals surface area contributed by atoms with Gasteiger partial charge in [0.05, 0.1) is 0 Å². The molecular formula is C11H13KNO-. The monoisotopic (exact) mass is 214 g/mol. The molecule has 1 amide bonds. The Morgan fingerprint density at radius 2 is 2.14 bits per heavy atom. The van der Waals surface area contributed by atoms with Gasteiger partial charge in [-0.05, 0) is 6.92 Å². The molecule has 0 fully saturated rings. The normalized spacial score (nSPS) is 8.64. The molecule has 14 heavy (non-hydrogen) atoms. The maximum atomic E-state index is 11.2. The van der Waals surface area contributed by atoms with Gasteiger partial charge in [-0.3, -0.25) is 22.8 Å². The Balaban J connectivity index is 0.00000169. The first kappa shape index (κ1) is 14.1. The molecule has 0 unspecified atom stereocenters. The fourth-order valence-electron chi connectivity index (χ4n) is 1.04. The largest absolute Gasteiger partial charge is 1.00 e. The van der Waals surface area contributed by atoms with Crippen LogP contribution in [0.5, 0.6) is 0 Å². The Kier molecular flexibility index (Phi) is 7.41. The van der Waals surface area contributed by atoms with Crippen LogP contribution in [0.15, 0.2) is 24.3 Å². The fraction of sp³-hybridized carbons (Fsp3) is 0.182. The first-order valence-corrected chi connectivity index (χ1v) is 4.27. The van der Waals surface area contributed by atoms with Gasteiger partial charge in [-0.25, -0.2) is 12.1 Å². The molecule has 70 valence electrons. The van der Waals surface area contributed by atoms with Gasteiger partial charge in [-0.15, -0.1) is 12.1 Å². The van der Waals surface area contributed by atoms with Gasteiger partial charge in [0.1, 0.15) is 0 Å². The van der Waals surface area contributed by atoms with E-state index in [0.29, 0.717) is 6.54 Å². The third kappa shape index (κ3) is 4.53. The van der Waals surface area contributed by atoms with Crippen molar-refractivity contribution in [2.24, 2.45) is 0 Å². The number of rotatable bonds is 3. The molecule has 1 N–H and O–H groups in total. The molecule has 0 bridgehead atoms. The maximum Gasteiger partial charge on any atom is 1.00 e. The third-order valence-corrected chi connectivity index (χ3v) is 1.69. The van der Waals surface area contributed by atoms with Crippen LogP contribution in [0.4, 0.5) is 0 Å². The Labute approximate surface area is 128 Å². The minimum Gasteiger partial charge on any atom is -0.364 e. The van der Waals surface area contributed by atoms with Crippen molar-refractivity contribution >= 4 is 5.91 Å². The van der Waals surface area contributed by atoms with E-state index in [1.165, 1.54) is 0 Å². The van der Waals surface area contributed by atoms with Crippen LogP contribution in [0.3, 0.4) is 0 Å². The molecule has 0 saturated carbocycles. The standard InChI is InChI=1S/C11H13NO.K/c1-3-12-11(13)8-10-7-5-4-6-9(10)2;/h4-8H,2-3H2,1H3,(H,12,13);/q-2;+1. The van der Waals surface area contributed by atoms with E-state index in [0.717, 1.165) is 11.1 Å². The fourth-order valence-corrected chi connectivity index (χ4v) is 1.04. The molecule has 0 saturated heterocycles. The van der Waals surface area contributed by atoms with Crippen molar-refractivity contribution in [2.45, 2.75) is 6.92 Å². The van der Waals surface area contributed by atoms with Gasteiger partial charge in [0.25, 0.3) is 0 Å². The SMILES string of the molecule is [CH2-]c1ccccc1[CH-]C(=O)NCC.[K+]. The number of amides is 1. The summed E-state index contributed by atoms with van der Waals surface area (Å²) in [5.74, 6) is -0.0707. The molecule has 0 aliphatic carbocycles. The summed E-state index contributed by atoms with van der Waals surface area (Å²) in [7, 11) is 0. The Bertz CT molecular complexity index is 299. The smallest absolute Gasteiger partial charge is 0.364 e. The zero-order chi connectivity index (χ0) is 9.68. The van der Waals surface area contributed by atoms with Crippen LogP contribution in [-0.4, -0.2) is 12.5 Å². The number of carbonyl (C=O) groups is 1. The predicted molar refractivity (Wildman–Crippen MR) is 53.0 cm³/mol. The van der Waals surface area contributed by atoms with Crippen LogP contribution in [0.25, 0.3) is 0 Å². The molecule has 3 heteroatoms. The van der Waals surface area contributed by atoms with Crippen molar-refractivity contribution in [3.05, 3.63) is 48.7 Å². The molecule has 1 aromatic rings. The second-order valence-corrected chi connectivity index (χ2v) is 2.74. The van der Waals surface area contributed by atoms with Crippen molar-refractivity contribution in [1.82, 2.24) is 5.32 Å². The van der Waals surface area contributed by atoms with Gasteiger partial charge >= 0.3 is 51.4 Å². The average molecular weight is 214 g/mol. The summed E-state index contributed by atoms with van der Waals surface area (Å²) in [6.07, 6.45) is 1.56. The predicted octanol–water partition coefficient (Wildman–Crippen LogP) is -1.44. The molecule has 2 nitrogen and oxygen atoms in total. The quantitative estimate of drug-likeness (QED) is 0.485. The number of likely N-dealkylation sites (N-methyl/N-ethyl adjacent to an activating group) is 1. The second-order valence-electron chi connectivity index (χ2n) is 2.74. The molecule has 1 rings (SSSR count). The van der Waals surface area contributed by atoms with Gasteiger partial charge in [0, 0.05) is 6.54 Å². The van der Waals surface area contributed by atoms with Gasteiger partial charge < -0.3 is 5.32 Å². The summed E-state index contributed by atoms with van der Waals surface area (Å²) in [6.45, 7) is 6.36. The van der Waals surface area contributed by atoms with E-state index in [-0.39, 0.29) is 57.3 Å². The van der Waals surface area contributed by atoms with Crippen LogP contribution in [0.1, 0.15) is 18.1 Å². The molecule has 1 aromatic carbocycles. The summed E-state index contributed by atoms with van der Waals surface area (Å²) in [5.41, 5.74) is 1.74. The van der Waals surface area contributed by atoms with Gasteiger partial charge in [-0.1, -0.05) is 0 Å². The number of carbonyl (C=O) groups excluding carboxylic acids is 1. The van der Waals surface area contributed by atoms with E-state index in [2.05, 4.69) is 12.2 Å². The Hall–Kier alpha value is 0.0664. The van der Waals surface area contributed by atoms with Gasteiger partial charge in [0.2, 0.25) is 0 Å². The average Bonchev–Trinajstić information content (AvgIpc) is 2.09. The van der Waals surface area contributed by atoms with E-state index in [1.807, 2.05) is 31.2 Å². The second kappa shape index (κ2) is 7.37. The van der Waals surface area contributed by atoms with Gasteiger partial charge in [0.15, 0.2) is 5.91 Å². The van der Waals surface area contributed by atoms with E-state index in [1.54, 1.807) is 6.42 Å². The minimum atomic E-state index is -0.0707. The Morgan fingerprint density at radius 1 is 1.50 bits per heavy atom. The van der Waals surface area contributed by atoms with E-state index in [4.69, 9.17) is 0 Å². The summed E-state index contributed by atoms with van der Waals surface area (Å²) in [5, 5.41) is 2.70. The molecule has 0 aromatic heterocycles. The molecule has 0 spiro atoms. The number of benzene rings is 1. The number of hydrogen-bond donors (Lipinski definition) is 1. The minimum absolute atomic E-state index is 0. The van der Waals surface area contributed by atoms with Crippen molar-refractivity contribution in [2.75, 3.05) is 6.54 Å². The van der Waals surface area contributed by atoms with Crippen molar-refractivity contribution < 1.29 is 56.2 Å². The molecule has 0 heterocycles. The van der Waals surface area contributed by atoms with Crippen molar-refractivity contribution in [3.63, 3.8) is 0 Å². The van der Waals surface area contributed by atoms with Crippen LogP contribution < -0.4 is 56.7 Å². The first-order valence-electron chi connectivity index (χ1n) is 4.27. The molecular weight excluding hydrogens is 201 g/mol. The van der Waals surface area contributed by atoms with E-state index < -0.39 is 0 Å². The van der Waals surface area contributed by atoms with Crippen LogP contribution >= 0.6 is 0 Å². The topological polar surface area (TPSA) is 29.1 Å². The molecule has 0 radical (unpaired) electrons. The summed E-state index contributed by atoms with van der Waals surface area (Å²) < 4.78 is 0. The van der Waals surface area contributed by atoms with Crippen LogP contribution in [0, 0.1) is 13.3 Å². The Morgan fingerprint density at radius 3 is 2.71 bits per heavy atom. The van der Waals surface area contributed by atoms with Gasteiger partial charge in [-0.2, -0.15) is 6.42 Å². The van der Waals surface area contributed by atoms with Crippen molar-refractivity contribution in [1.29, 1.82) is 0 Å². The summed E-state index contributed by atoms with van der Waals surface area (Å²) in [6, 6.07) is 7.54. The van der Waals surface area contributed by atoms with E-state index >= 15 is 0 Å². The van der Waals surface area contributed by atoms with Crippen LogP contribution in [0.2, 0.25) is 0 Å². The third-order valence-electron chi connectivity index (χ3n) is 1.69. The molecule has 0 aliphatic heterocycles. The van der Waals surface area contributed by atoms with Crippen LogP contribution in [-0.2, 0) is 4.79 Å². The van der Waals surface area contributed by atoms with E-state index in [9.17, 15) is 4.79 Å². The molecule has 0 atom stereocenters. The van der Waals surface area contributed by atoms with Crippen molar-refractivity contribution in [3.8, 4) is 0 Å². The zero-order valence-corrected chi connectivity index (χ0v) is 11.8.